The highest BCUT2D eigenvalue weighted by molar-refractivity contribution is 7.89. The number of benzene rings is 2. The van der Waals surface area contributed by atoms with Crippen LogP contribution in [0.3, 0.4) is 0 Å². The molecule has 0 bridgehead atoms. The number of carbonyl (C=O) groups is 3. The molecular weight excluding hydrogens is 470 g/mol. The molecule has 9 nitrogen and oxygen atoms in total. The molecule has 2 unspecified atom stereocenters. The monoisotopic (exact) mass is 499 g/mol. The number of hydrogen-bond donors (Lipinski definition) is 3. The van der Waals surface area contributed by atoms with Gasteiger partial charge in [0.05, 0.1) is 16.4 Å². The zero-order valence-electron chi connectivity index (χ0n) is 19.5. The number of rotatable bonds is 8. The Labute approximate surface area is 204 Å². The van der Waals surface area contributed by atoms with Crippen molar-refractivity contribution < 1.29 is 27.5 Å². The number of carbonyl (C=O) groups excluding carboxylic acids is 3. The van der Waals surface area contributed by atoms with Crippen LogP contribution in [0.5, 0.6) is 0 Å². The van der Waals surface area contributed by atoms with Gasteiger partial charge in [-0.05, 0) is 61.6 Å². The van der Waals surface area contributed by atoms with Gasteiger partial charge in [0.25, 0.3) is 5.91 Å². The second kappa shape index (κ2) is 10.3. The first-order chi connectivity index (χ1) is 16.7. The minimum absolute atomic E-state index is 0.00115. The highest BCUT2D eigenvalue weighted by atomic mass is 32.2. The minimum Gasteiger partial charge on any atom is -0.377 e. The van der Waals surface area contributed by atoms with Gasteiger partial charge in [-0.2, -0.15) is 0 Å². The van der Waals surface area contributed by atoms with Gasteiger partial charge < -0.3 is 10.1 Å². The van der Waals surface area contributed by atoms with E-state index in [-0.39, 0.29) is 41.3 Å². The van der Waals surface area contributed by atoms with Crippen LogP contribution in [-0.2, 0) is 29.8 Å². The summed E-state index contributed by atoms with van der Waals surface area (Å²) in [6.07, 6.45) is 2.84. The summed E-state index contributed by atoms with van der Waals surface area (Å²) in [5.74, 6) is -1.03. The topological polar surface area (TPSA) is 131 Å². The number of imide groups is 1. The Bertz CT molecular complexity index is 1220. The molecule has 0 spiro atoms. The molecule has 3 N–H and O–H groups in total. The van der Waals surface area contributed by atoms with Gasteiger partial charge in [-0.15, -0.1) is 0 Å². The van der Waals surface area contributed by atoms with Crippen LogP contribution in [0, 0.1) is 0 Å². The van der Waals surface area contributed by atoms with Crippen LogP contribution < -0.4 is 15.4 Å². The number of piperidine rings is 1. The molecule has 0 aromatic heterocycles. The zero-order chi connectivity index (χ0) is 25.1. The zero-order valence-corrected chi connectivity index (χ0v) is 20.3. The fourth-order valence-corrected chi connectivity index (χ4v) is 5.65. The average molecular weight is 500 g/mol. The molecule has 35 heavy (non-hydrogen) atoms. The number of nitrogens with one attached hydrogen (secondary N) is 3. The minimum atomic E-state index is -3.79. The van der Waals surface area contributed by atoms with Crippen molar-refractivity contribution in [2.75, 3.05) is 18.5 Å². The molecule has 2 aromatic rings. The molecule has 2 aliphatic rings. The van der Waals surface area contributed by atoms with E-state index in [1.165, 1.54) is 24.3 Å². The molecular formula is C25H29N3O6S. The Morgan fingerprint density at radius 3 is 2.60 bits per heavy atom. The fourth-order valence-electron chi connectivity index (χ4n) is 4.54. The SMILES string of the molecule is CCC1(c2ccc(NC(=O)c3cccc(S(=O)(=O)NCC4CCCO4)c3)cc2)CCC(=O)NC1=O. The Morgan fingerprint density at radius 2 is 1.94 bits per heavy atom. The Morgan fingerprint density at radius 1 is 1.17 bits per heavy atom. The van der Waals surface area contributed by atoms with Crippen LogP contribution in [-0.4, -0.2) is 45.4 Å². The van der Waals surface area contributed by atoms with Crippen molar-refractivity contribution in [3.05, 3.63) is 59.7 Å². The molecule has 2 aromatic carbocycles. The summed E-state index contributed by atoms with van der Waals surface area (Å²) in [7, 11) is -3.79. The summed E-state index contributed by atoms with van der Waals surface area (Å²) in [5, 5.41) is 5.19. The maximum atomic E-state index is 12.8. The van der Waals surface area contributed by atoms with Crippen LogP contribution in [0.25, 0.3) is 0 Å². The first kappa shape index (κ1) is 25.0. The Hall–Kier alpha value is -3.08. The van der Waals surface area contributed by atoms with Crippen molar-refractivity contribution in [3.63, 3.8) is 0 Å². The summed E-state index contributed by atoms with van der Waals surface area (Å²) in [6.45, 7) is 2.73. The van der Waals surface area contributed by atoms with E-state index in [4.69, 9.17) is 4.74 Å². The standard InChI is InChI=1S/C25H29N3O6S/c1-2-25(13-12-22(29)28-24(25)31)18-8-10-19(11-9-18)27-23(30)17-5-3-7-21(15-17)35(32,33)26-16-20-6-4-14-34-20/h3,5,7-11,15,20,26H,2,4,6,12-14,16H2,1H3,(H,27,30)(H,28,29,31). The predicted octanol–water partition coefficient (Wildman–Crippen LogP) is 2.48. The van der Waals surface area contributed by atoms with Crippen LogP contribution >= 0.6 is 0 Å². The summed E-state index contributed by atoms with van der Waals surface area (Å²) < 4.78 is 33.3. The second-order valence-corrected chi connectivity index (χ2v) is 10.6. The molecule has 2 aliphatic heterocycles. The van der Waals surface area contributed by atoms with Crippen molar-refractivity contribution in [1.29, 1.82) is 0 Å². The van der Waals surface area contributed by atoms with E-state index in [9.17, 15) is 22.8 Å². The summed E-state index contributed by atoms with van der Waals surface area (Å²) in [5.41, 5.74) is 0.690. The van der Waals surface area contributed by atoms with Crippen molar-refractivity contribution in [1.82, 2.24) is 10.0 Å². The van der Waals surface area contributed by atoms with Gasteiger partial charge in [0.1, 0.15) is 0 Å². The lowest BCUT2D eigenvalue weighted by Crippen LogP contribution is -2.51. The maximum Gasteiger partial charge on any atom is 0.255 e. The highest BCUT2D eigenvalue weighted by Crippen LogP contribution is 2.36. The van der Waals surface area contributed by atoms with Gasteiger partial charge >= 0.3 is 0 Å². The van der Waals surface area contributed by atoms with Gasteiger partial charge in [-0.1, -0.05) is 25.1 Å². The third-order valence-electron chi connectivity index (χ3n) is 6.70. The lowest BCUT2D eigenvalue weighted by molar-refractivity contribution is -0.138. The molecule has 2 atom stereocenters. The van der Waals surface area contributed by atoms with Crippen molar-refractivity contribution in [3.8, 4) is 0 Å². The van der Waals surface area contributed by atoms with Crippen molar-refractivity contribution in [2.24, 2.45) is 0 Å². The molecule has 2 saturated heterocycles. The molecule has 0 radical (unpaired) electrons. The molecule has 4 rings (SSSR count). The average Bonchev–Trinajstić information content (AvgIpc) is 3.38. The molecule has 0 saturated carbocycles. The molecule has 2 heterocycles. The summed E-state index contributed by atoms with van der Waals surface area (Å²) >= 11 is 0. The van der Waals surface area contributed by atoms with Crippen LogP contribution in [0.15, 0.2) is 53.4 Å². The lowest BCUT2D eigenvalue weighted by atomic mass is 9.72. The van der Waals surface area contributed by atoms with E-state index >= 15 is 0 Å². The third kappa shape index (κ3) is 5.44. The quantitative estimate of drug-likeness (QED) is 0.479. The third-order valence-corrected chi connectivity index (χ3v) is 8.12. The van der Waals surface area contributed by atoms with Crippen molar-refractivity contribution >= 4 is 33.4 Å². The van der Waals surface area contributed by atoms with Gasteiger partial charge in [-0.25, -0.2) is 13.1 Å². The smallest absolute Gasteiger partial charge is 0.255 e. The van der Waals surface area contributed by atoms with Gasteiger partial charge in [-0.3, -0.25) is 19.7 Å². The second-order valence-electron chi connectivity index (χ2n) is 8.86. The Balaban J connectivity index is 1.44. The van der Waals surface area contributed by atoms with E-state index in [0.29, 0.717) is 25.1 Å². The normalized spacial score (nSPS) is 22.6. The van der Waals surface area contributed by atoms with Crippen molar-refractivity contribution in [2.45, 2.75) is 55.4 Å². The first-order valence-electron chi connectivity index (χ1n) is 11.7. The van der Waals surface area contributed by atoms with Crippen LogP contribution in [0.4, 0.5) is 5.69 Å². The molecule has 0 aliphatic carbocycles. The number of sulfonamides is 1. The highest BCUT2D eigenvalue weighted by Gasteiger charge is 2.42. The van der Waals surface area contributed by atoms with E-state index in [0.717, 1.165) is 18.4 Å². The van der Waals surface area contributed by atoms with Crippen LogP contribution in [0.2, 0.25) is 0 Å². The summed E-state index contributed by atoms with van der Waals surface area (Å²) in [6, 6.07) is 12.8. The van der Waals surface area contributed by atoms with Gasteiger partial charge in [0.15, 0.2) is 0 Å². The van der Waals surface area contributed by atoms with Gasteiger partial charge in [0, 0.05) is 30.8 Å². The Kier molecular flexibility index (Phi) is 7.34. The largest absolute Gasteiger partial charge is 0.377 e. The van der Waals surface area contributed by atoms with Crippen LogP contribution in [0.1, 0.15) is 54.9 Å². The fraction of sp³-hybridized carbons (Fsp3) is 0.400. The molecule has 10 heteroatoms. The van der Waals surface area contributed by atoms with E-state index in [1.807, 2.05) is 6.92 Å². The number of hydrogen-bond acceptors (Lipinski definition) is 6. The number of ether oxygens (including phenoxy) is 1. The summed E-state index contributed by atoms with van der Waals surface area (Å²) in [4.78, 5) is 37.0. The first-order valence-corrected chi connectivity index (χ1v) is 13.2. The molecule has 2 fully saturated rings. The number of anilines is 1. The molecule has 186 valence electrons. The maximum absolute atomic E-state index is 12.8. The molecule has 3 amide bonds. The lowest BCUT2D eigenvalue weighted by Gasteiger charge is -2.35. The van der Waals surface area contributed by atoms with E-state index in [1.54, 1.807) is 24.3 Å². The number of amides is 3. The van der Waals surface area contributed by atoms with Gasteiger partial charge in [0.2, 0.25) is 21.8 Å². The van der Waals surface area contributed by atoms with E-state index in [2.05, 4.69) is 15.4 Å². The predicted molar refractivity (Wildman–Crippen MR) is 129 cm³/mol. The van der Waals surface area contributed by atoms with E-state index < -0.39 is 21.3 Å².